The first-order chi connectivity index (χ1) is 8.12. The van der Waals surface area contributed by atoms with Crippen molar-refractivity contribution in [3.63, 3.8) is 0 Å². The van der Waals surface area contributed by atoms with E-state index in [9.17, 15) is 4.79 Å². The summed E-state index contributed by atoms with van der Waals surface area (Å²) in [4.78, 5) is 19.3. The van der Waals surface area contributed by atoms with Crippen molar-refractivity contribution in [2.45, 2.75) is 18.5 Å². The molecule has 0 radical (unpaired) electrons. The highest BCUT2D eigenvalue weighted by atomic mass is 32.2. The van der Waals surface area contributed by atoms with E-state index in [0.717, 1.165) is 0 Å². The van der Waals surface area contributed by atoms with Crippen LogP contribution in [0, 0.1) is 0 Å². The average Bonchev–Trinajstić information content (AvgIpc) is 2.35. The zero-order valence-electron chi connectivity index (χ0n) is 10.0. The van der Waals surface area contributed by atoms with Gasteiger partial charge in [0.2, 0.25) is 5.88 Å². The van der Waals surface area contributed by atoms with Gasteiger partial charge in [-0.1, -0.05) is 18.7 Å². The second-order valence-corrected chi connectivity index (χ2v) is 3.87. The molecule has 0 saturated heterocycles. The number of aromatic nitrogens is 2. The number of hydrogen-bond acceptors (Lipinski definition) is 7. The van der Waals surface area contributed by atoms with E-state index in [1.807, 2.05) is 13.2 Å². The number of nitrogens with two attached hydrogens (primary N) is 1. The molecule has 2 N–H and O–H groups in total. The van der Waals surface area contributed by atoms with Gasteiger partial charge in [0.25, 0.3) is 0 Å². The van der Waals surface area contributed by atoms with Crippen LogP contribution in [0.4, 0.5) is 5.82 Å². The molecule has 94 valence electrons. The number of carbonyl (C=O) groups is 1. The van der Waals surface area contributed by atoms with Crippen LogP contribution in [0.15, 0.2) is 5.16 Å². The van der Waals surface area contributed by atoms with Crippen LogP contribution in [0.25, 0.3) is 0 Å². The first-order valence-electron chi connectivity index (χ1n) is 5.02. The van der Waals surface area contributed by atoms with E-state index >= 15 is 0 Å². The lowest BCUT2D eigenvalue weighted by Gasteiger charge is -2.11. The molecule has 1 aromatic rings. The third-order valence-corrected chi connectivity index (χ3v) is 2.62. The van der Waals surface area contributed by atoms with Gasteiger partial charge >= 0.3 is 5.97 Å². The van der Waals surface area contributed by atoms with Gasteiger partial charge in [0, 0.05) is 0 Å². The monoisotopic (exact) mass is 257 g/mol. The summed E-state index contributed by atoms with van der Waals surface area (Å²) in [6, 6.07) is 0. The van der Waals surface area contributed by atoms with E-state index in [1.54, 1.807) is 0 Å². The SMILES string of the molecule is CCc1c(N)nc(SC)nc1OCC(=O)OC. The lowest BCUT2D eigenvalue weighted by molar-refractivity contribution is -0.143. The predicted molar refractivity (Wildman–Crippen MR) is 65.1 cm³/mol. The lowest BCUT2D eigenvalue weighted by Crippen LogP contribution is -2.15. The Morgan fingerprint density at radius 3 is 2.71 bits per heavy atom. The first-order valence-corrected chi connectivity index (χ1v) is 6.24. The van der Waals surface area contributed by atoms with Gasteiger partial charge in [0.1, 0.15) is 5.82 Å². The Hall–Kier alpha value is -1.50. The molecule has 1 aromatic heterocycles. The molecule has 0 aliphatic heterocycles. The number of carbonyl (C=O) groups excluding carboxylic acids is 1. The van der Waals surface area contributed by atoms with E-state index in [4.69, 9.17) is 10.5 Å². The zero-order chi connectivity index (χ0) is 12.8. The van der Waals surface area contributed by atoms with E-state index < -0.39 is 5.97 Å². The van der Waals surface area contributed by atoms with Crippen molar-refractivity contribution < 1.29 is 14.3 Å². The van der Waals surface area contributed by atoms with Crippen LogP contribution in [-0.2, 0) is 16.0 Å². The second kappa shape index (κ2) is 6.29. The molecule has 0 spiro atoms. The van der Waals surface area contributed by atoms with Gasteiger partial charge in [-0.15, -0.1) is 0 Å². The summed E-state index contributed by atoms with van der Waals surface area (Å²) in [6.45, 7) is 1.73. The van der Waals surface area contributed by atoms with Crippen molar-refractivity contribution in [1.29, 1.82) is 0 Å². The van der Waals surface area contributed by atoms with Gasteiger partial charge in [0.05, 0.1) is 12.7 Å². The van der Waals surface area contributed by atoms with Gasteiger partial charge in [0.15, 0.2) is 11.8 Å². The molecule has 0 aliphatic rings. The molecule has 0 unspecified atom stereocenters. The smallest absolute Gasteiger partial charge is 0.343 e. The fraction of sp³-hybridized carbons (Fsp3) is 0.500. The number of methoxy groups -OCH3 is 1. The van der Waals surface area contributed by atoms with Crippen LogP contribution in [0.5, 0.6) is 5.88 Å². The molecule has 0 saturated carbocycles. The Labute approximate surface area is 104 Å². The van der Waals surface area contributed by atoms with Crippen LogP contribution in [0.2, 0.25) is 0 Å². The molecule has 1 rings (SSSR count). The molecular weight excluding hydrogens is 242 g/mol. The summed E-state index contributed by atoms with van der Waals surface area (Å²) in [6.07, 6.45) is 2.47. The average molecular weight is 257 g/mol. The molecule has 0 atom stereocenters. The first kappa shape index (κ1) is 13.6. The van der Waals surface area contributed by atoms with E-state index in [0.29, 0.717) is 28.8 Å². The van der Waals surface area contributed by atoms with Gasteiger partial charge in [-0.25, -0.2) is 9.78 Å². The Kier molecular flexibility index (Phi) is 5.02. The van der Waals surface area contributed by atoms with Crippen LogP contribution in [-0.4, -0.2) is 35.9 Å². The Morgan fingerprint density at radius 1 is 1.47 bits per heavy atom. The fourth-order valence-corrected chi connectivity index (χ4v) is 1.55. The van der Waals surface area contributed by atoms with Crippen LogP contribution in [0.3, 0.4) is 0 Å². The van der Waals surface area contributed by atoms with Crippen molar-refractivity contribution in [2.24, 2.45) is 0 Å². The third kappa shape index (κ3) is 3.48. The summed E-state index contributed by atoms with van der Waals surface area (Å²) in [5.74, 6) is 0.261. The second-order valence-electron chi connectivity index (χ2n) is 3.10. The van der Waals surface area contributed by atoms with E-state index in [2.05, 4.69) is 14.7 Å². The number of nitrogen functional groups attached to an aromatic ring is 1. The largest absolute Gasteiger partial charge is 0.466 e. The third-order valence-electron chi connectivity index (χ3n) is 2.07. The maximum atomic E-state index is 11.0. The maximum Gasteiger partial charge on any atom is 0.343 e. The molecule has 0 amide bonds. The molecule has 0 aliphatic carbocycles. The molecule has 7 heteroatoms. The number of ether oxygens (including phenoxy) is 2. The van der Waals surface area contributed by atoms with Crippen molar-refractivity contribution in [3.8, 4) is 5.88 Å². The molecular formula is C10H15N3O3S. The molecule has 0 fully saturated rings. The van der Waals surface area contributed by atoms with E-state index in [-0.39, 0.29) is 6.61 Å². The molecule has 1 heterocycles. The zero-order valence-corrected chi connectivity index (χ0v) is 10.8. The van der Waals surface area contributed by atoms with Crippen LogP contribution < -0.4 is 10.5 Å². The van der Waals surface area contributed by atoms with Gasteiger partial charge in [-0.3, -0.25) is 0 Å². The molecule has 0 aromatic carbocycles. The standard InChI is InChI=1S/C10H15N3O3S/c1-4-6-8(11)12-10(17-3)13-9(6)16-5-7(14)15-2/h4-5H2,1-3H3,(H2,11,12,13). The number of nitrogens with zero attached hydrogens (tertiary/aromatic N) is 2. The van der Waals surface area contributed by atoms with Crippen molar-refractivity contribution in [3.05, 3.63) is 5.56 Å². The Morgan fingerprint density at radius 2 is 2.18 bits per heavy atom. The van der Waals surface area contributed by atoms with Crippen molar-refractivity contribution in [2.75, 3.05) is 25.7 Å². The number of rotatable bonds is 5. The summed E-state index contributed by atoms with van der Waals surface area (Å²) >= 11 is 1.36. The minimum absolute atomic E-state index is 0.187. The van der Waals surface area contributed by atoms with E-state index in [1.165, 1.54) is 18.9 Å². The van der Waals surface area contributed by atoms with Crippen molar-refractivity contribution >= 4 is 23.5 Å². The minimum Gasteiger partial charge on any atom is -0.466 e. The normalized spacial score (nSPS) is 10.1. The van der Waals surface area contributed by atoms with Gasteiger partial charge in [-0.2, -0.15) is 4.98 Å². The number of hydrogen-bond donors (Lipinski definition) is 1. The van der Waals surface area contributed by atoms with Crippen molar-refractivity contribution in [1.82, 2.24) is 9.97 Å². The maximum absolute atomic E-state index is 11.0. The lowest BCUT2D eigenvalue weighted by atomic mass is 10.2. The van der Waals surface area contributed by atoms with Gasteiger partial charge < -0.3 is 15.2 Å². The molecule has 17 heavy (non-hydrogen) atoms. The quantitative estimate of drug-likeness (QED) is 0.476. The summed E-state index contributed by atoms with van der Waals surface area (Å²) in [5.41, 5.74) is 6.49. The van der Waals surface area contributed by atoms with Crippen LogP contribution >= 0.6 is 11.8 Å². The Balaban J connectivity index is 2.94. The number of thioether (sulfide) groups is 1. The fourth-order valence-electron chi connectivity index (χ4n) is 1.19. The molecule has 0 bridgehead atoms. The topological polar surface area (TPSA) is 87.3 Å². The highest BCUT2D eigenvalue weighted by molar-refractivity contribution is 7.98. The minimum atomic E-state index is -0.463. The number of esters is 1. The van der Waals surface area contributed by atoms with Crippen LogP contribution in [0.1, 0.15) is 12.5 Å². The summed E-state index contributed by atoms with van der Waals surface area (Å²) in [7, 11) is 1.30. The number of anilines is 1. The predicted octanol–water partition coefficient (Wildman–Crippen LogP) is 0.895. The Bertz CT molecular complexity index is 412. The highest BCUT2D eigenvalue weighted by Gasteiger charge is 2.13. The molecule has 6 nitrogen and oxygen atoms in total. The van der Waals surface area contributed by atoms with Gasteiger partial charge in [-0.05, 0) is 12.7 Å². The highest BCUT2D eigenvalue weighted by Crippen LogP contribution is 2.24. The summed E-state index contributed by atoms with van der Waals surface area (Å²) in [5, 5.41) is 0.513. The summed E-state index contributed by atoms with van der Waals surface area (Å²) < 4.78 is 9.77.